The zero-order chi connectivity index (χ0) is 15.1. The van der Waals surface area contributed by atoms with Crippen LogP contribution in [-0.4, -0.2) is 13.0 Å². The maximum Gasteiger partial charge on any atom is 0.191 e. The van der Waals surface area contributed by atoms with Crippen molar-refractivity contribution in [1.29, 1.82) is 0 Å². The fraction of sp³-hybridized carbons (Fsp3) is 0.188. The summed E-state index contributed by atoms with van der Waals surface area (Å²) in [5.41, 5.74) is 1.37. The summed E-state index contributed by atoms with van der Waals surface area (Å²) in [5.74, 6) is -0.00305. The van der Waals surface area contributed by atoms with Crippen molar-refractivity contribution in [3.8, 4) is 0 Å². The van der Waals surface area contributed by atoms with Gasteiger partial charge in [0.25, 0.3) is 0 Å². The molecule has 2 aromatic carbocycles. The van der Waals surface area contributed by atoms with E-state index in [4.69, 9.17) is 0 Å². The molecule has 2 N–H and O–H groups in total. The minimum atomic E-state index is -0.274. The molecule has 0 heterocycles. The number of guanidine groups is 1. The normalized spacial score (nSPS) is 10.8. The molecule has 0 radical (unpaired) electrons. The lowest BCUT2D eigenvalue weighted by Crippen LogP contribution is -2.36. The van der Waals surface area contributed by atoms with Crippen molar-refractivity contribution in [1.82, 2.24) is 10.6 Å². The number of benzene rings is 2. The van der Waals surface area contributed by atoms with Gasteiger partial charge in [0.05, 0.1) is 0 Å². The highest BCUT2D eigenvalue weighted by Crippen LogP contribution is 2.05. The molecule has 0 saturated heterocycles. The predicted molar refractivity (Wildman–Crippen MR) is 95.3 cm³/mol. The smallest absolute Gasteiger partial charge is 0.191 e. The molecule has 6 heteroatoms. The molecule has 2 aromatic rings. The summed E-state index contributed by atoms with van der Waals surface area (Å²) < 4.78 is 26.6. The fourth-order valence-corrected chi connectivity index (χ4v) is 1.87. The SMILES string of the molecule is CN=C(NCc1cccc(F)c1)NCc1ccccc1F.I. The number of aliphatic imine (C=N–C) groups is 1. The van der Waals surface area contributed by atoms with Crippen LogP contribution >= 0.6 is 24.0 Å². The van der Waals surface area contributed by atoms with Crippen molar-refractivity contribution in [3.63, 3.8) is 0 Å². The first-order valence-electron chi connectivity index (χ1n) is 6.61. The molecule has 3 nitrogen and oxygen atoms in total. The third-order valence-corrected chi connectivity index (χ3v) is 2.98. The lowest BCUT2D eigenvalue weighted by atomic mass is 10.2. The Morgan fingerprint density at radius 2 is 1.73 bits per heavy atom. The van der Waals surface area contributed by atoms with Crippen LogP contribution in [0.3, 0.4) is 0 Å². The van der Waals surface area contributed by atoms with E-state index in [9.17, 15) is 8.78 Å². The van der Waals surface area contributed by atoms with Crippen LogP contribution in [0.4, 0.5) is 8.78 Å². The summed E-state index contributed by atoms with van der Waals surface area (Å²) in [6.45, 7) is 0.768. The topological polar surface area (TPSA) is 36.4 Å². The summed E-state index contributed by atoms with van der Waals surface area (Å²) in [6.07, 6.45) is 0. The van der Waals surface area contributed by atoms with Crippen LogP contribution < -0.4 is 10.6 Å². The zero-order valence-electron chi connectivity index (χ0n) is 12.1. The molecule has 2 rings (SSSR count). The molecule has 0 spiro atoms. The van der Waals surface area contributed by atoms with Crippen LogP contribution in [0.25, 0.3) is 0 Å². The van der Waals surface area contributed by atoms with Gasteiger partial charge < -0.3 is 10.6 Å². The van der Waals surface area contributed by atoms with Gasteiger partial charge in [-0.05, 0) is 23.8 Å². The standard InChI is InChI=1S/C16H17F2N3.HI/c1-19-16(20-10-12-5-4-7-14(17)9-12)21-11-13-6-2-3-8-15(13)18;/h2-9H,10-11H2,1H3,(H2,19,20,21);1H. The largest absolute Gasteiger partial charge is 0.352 e. The van der Waals surface area contributed by atoms with E-state index in [-0.39, 0.29) is 35.6 Å². The van der Waals surface area contributed by atoms with Crippen LogP contribution in [0.5, 0.6) is 0 Å². The molecule has 0 aliphatic rings. The van der Waals surface area contributed by atoms with Crippen LogP contribution in [0.2, 0.25) is 0 Å². The molecule has 0 aliphatic heterocycles. The Kier molecular flexibility index (Phi) is 7.79. The van der Waals surface area contributed by atoms with Crippen molar-refractivity contribution < 1.29 is 8.78 Å². The Morgan fingerprint density at radius 1 is 1.00 bits per heavy atom. The number of hydrogen-bond acceptors (Lipinski definition) is 1. The maximum absolute atomic E-state index is 13.5. The van der Waals surface area contributed by atoms with E-state index in [0.29, 0.717) is 24.6 Å². The van der Waals surface area contributed by atoms with E-state index >= 15 is 0 Å². The second-order valence-electron chi connectivity index (χ2n) is 4.50. The molecule has 0 fully saturated rings. The highest BCUT2D eigenvalue weighted by molar-refractivity contribution is 14.0. The average molecular weight is 417 g/mol. The molecule has 0 aliphatic carbocycles. The van der Waals surface area contributed by atoms with Gasteiger partial charge in [-0.25, -0.2) is 8.78 Å². The molecule has 0 amide bonds. The van der Waals surface area contributed by atoms with Gasteiger partial charge in [-0.15, -0.1) is 24.0 Å². The quantitative estimate of drug-likeness (QED) is 0.455. The summed E-state index contributed by atoms with van der Waals surface area (Å²) in [4.78, 5) is 4.05. The van der Waals surface area contributed by atoms with Gasteiger partial charge in [0.2, 0.25) is 0 Å². The van der Waals surface area contributed by atoms with Gasteiger partial charge in [0.15, 0.2) is 5.96 Å². The Hall–Kier alpha value is -1.70. The molecular formula is C16H18F2IN3. The summed E-state index contributed by atoms with van der Waals surface area (Å²) in [7, 11) is 1.63. The Labute approximate surface area is 145 Å². The molecule has 0 aromatic heterocycles. The number of nitrogens with one attached hydrogen (secondary N) is 2. The Bertz CT molecular complexity index is 632. The summed E-state index contributed by atoms with van der Waals surface area (Å²) in [6, 6.07) is 12.9. The molecule has 0 bridgehead atoms. The summed E-state index contributed by atoms with van der Waals surface area (Å²) in [5, 5.41) is 6.07. The van der Waals surface area contributed by atoms with Crippen LogP contribution in [0, 0.1) is 11.6 Å². The minimum absolute atomic E-state index is 0. The van der Waals surface area contributed by atoms with Crippen molar-refractivity contribution in [2.45, 2.75) is 13.1 Å². The van der Waals surface area contributed by atoms with E-state index < -0.39 is 0 Å². The minimum Gasteiger partial charge on any atom is -0.352 e. The number of hydrogen-bond donors (Lipinski definition) is 2. The van der Waals surface area contributed by atoms with Crippen molar-refractivity contribution in [3.05, 3.63) is 71.3 Å². The van der Waals surface area contributed by atoms with Gasteiger partial charge in [0.1, 0.15) is 11.6 Å². The van der Waals surface area contributed by atoms with Crippen LogP contribution in [-0.2, 0) is 13.1 Å². The van der Waals surface area contributed by atoms with E-state index in [0.717, 1.165) is 5.56 Å². The molecule has 0 saturated carbocycles. The molecule has 0 atom stereocenters. The van der Waals surface area contributed by atoms with Crippen LogP contribution in [0.1, 0.15) is 11.1 Å². The fourth-order valence-electron chi connectivity index (χ4n) is 1.87. The van der Waals surface area contributed by atoms with Gasteiger partial charge >= 0.3 is 0 Å². The lowest BCUT2D eigenvalue weighted by molar-refractivity contribution is 0.604. The van der Waals surface area contributed by atoms with E-state index in [1.807, 2.05) is 6.07 Å². The van der Waals surface area contributed by atoms with E-state index in [1.165, 1.54) is 18.2 Å². The second kappa shape index (κ2) is 9.34. The third kappa shape index (κ3) is 5.59. The van der Waals surface area contributed by atoms with Gasteiger partial charge in [-0.3, -0.25) is 4.99 Å². The van der Waals surface area contributed by atoms with Crippen LogP contribution in [0.15, 0.2) is 53.5 Å². The predicted octanol–water partition coefficient (Wildman–Crippen LogP) is 3.45. The second-order valence-corrected chi connectivity index (χ2v) is 4.50. The van der Waals surface area contributed by atoms with Crippen molar-refractivity contribution in [2.24, 2.45) is 4.99 Å². The molecule has 0 unspecified atom stereocenters. The highest BCUT2D eigenvalue weighted by atomic mass is 127. The maximum atomic E-state index is 13.5. The number of halogens is 3. The van der Waals surface area contributed by atoms with Crippen molar-refractivity contribution in [2.75, 3.05) is 7.05 Å². The number of rotatable bonds is 4. The number of nitrogens with zero attached hydrogens (tertiary/aromatic N) is 1. The van der Waals surface area contributed by atoms with Gasteiger partial charge in [-0.1, -0.05) is 30.3 Å². The first-order valence-corrected chi connectivity index (χ1v) is 6.61. The summed E-state index contributed by atoms with van der Waals surface area (Å²) >= 11 is 0. The molecular weight excluding hydrogens is 399 g/mol. The van der Waals surface area contributed by atoms with Gasteiger partial charge in [-0.2, -0.15) is 0 Å². The monoisotopic (exact) mass is 417 g/mol. The van der Waals surface area contributed by atoms with Crippen molar-refractivity contribution >= 4 is 29.9 Å². The zero-order valence-corrected chi connectivity index (χ0v) is 14.5. The average Bonchev–Trinajstić information content (AvgIpc) is 2.49. The molecule has 22 heavy (non-hydrogen) atoms. The highest BCUT2D eigenvalue weighted by Gasteiger charge is 2.03. The molecule has 118 valence electrons. The Balaban J connectivity index is 0.00000242. The Morgan fingerprint density at radius 3 is 2.41 bits per heavy atom. The van der Waals surface area contributed by atoms with Gasteiger partial charge in [0, 0.05) is 25.7 Å². The first-order chi connectivity index (χ1) is 10.2. The first kappa shape index (κ1) is 18.3. The lowest BCUT2D eigenvalue weighted by Gasteiger charge is -2.12. The van der Waals surface area contributed by atoms with E-state index in [2.05, 4.69) is 15.6 Å². The van der Waals surface area contributed by atoms with E-state index in [1.54, 1.807) is 31.3 Å². The third-order valence-electron chi connectivity index (χ3n) is 2.98.